The van der Waals surface area contributed by atoms with E-state index in [1.165, 1.54) is 6.33 Å². The van der Waals surface area contributed by atoms with E-state index < -0.39 is 40.8 Å². The van der Waals surface area contributed by atoms with E-state index in [9.17, 15) is 17.6 Å². The van der Waals surface area contributed by atoms with Crippen molar-refractivity contribution in [2.75, 3.05) is 37.8 Å². The van der Waals surface area contributed by atoms with E-state index in [0.717, 1.165) is 44.2 Å². The van der Waals surface area contributed by atoms with Gasteiger partial charge >= 0.3 is 0 Å². The molecule has 0 radical (unpaired) electrons. The molecule has 1 aromatic heterocycles. The molecule has 0 saturated carbocycles. The van der Waals surface area contributed by atoms with Crippen molar-refractivity contribution >= 4 is 23.1 Å². The van der Waals surface area contributed by atoms with E-state index in [-0.39, 0.29) is 35.6 Å². The van der Waals surface area contributed by atoms with E-state index in [0.29, 0.717) is 36.0 Å². The zero-order valence-electron chi connectivity index (χ0n) is 21.9. The predicted octanol–water partition coefficient (Wildman–Crippen LogP) is 6.07. The van der Waals surface area contributed by atoms with E-state index in [4.69, 9.17) is 27.1 Å². The number of hydrogen-bond acceptors (Lipinski definition) is 6. The quantitative estimate of drug-likeness (QED) is 0.244. The second kappa shape index (κ2) is 11.8. The van der Waals surface area contributed by atoms with Crippen LogP contribution >= 0.6 is 11.6 Å². The van der Waals surface area contributed by atoms with Gasteiger partial charge in [-0.05, 0) is 44.2 Å². The minimum Gasteiger partial charge on any atom is -0.455 e. The first-order valence-corrected chi connectivity index (χ1v) is 13.8. The number of benzene rings is 1. The molecule has 1 aromatic carbocycles. The predicted molar refractivity (Wildman–Crippen MR) is 142 cm³/mol. The number of nitrogens with zero attached hydrogens (tertiary/aromatic N) is 4. The number of allylic oxidation sites excluding steroid dienone is 4. The lowest BCUT2D eigenvalue weighted by atomic mass is 9.81. The van der Waals surface area contributed by atoms with E-state index in [1.54, 1.807) is 6.92 Å². The summed E-state index contributed by atoms with van der Waals surface area (Å²) in [5.74, 6) is -8.26. The van der Waals surface area contributed by atoms with Gasteiger partial charge in [0, 0.05) is 49.0 Å². The number of alkyl halides is 1. The van der Waals surface area contributed by atoms with Crippen molar-refractivity contribution in [2.45, 2.75) is 38.5 Å². The van der Waals surface area contributed by atoms with Crippen molar-refractivity contribution in [1.29, 1.82) is 0 Å². The number of rotatable bonds is 7. The fourth-order valence-electron chi connectivity index (χ4n) is 5.93. The summed E-state index contributed by atoms with van der Waals surface area (Å²) in [5, 5.41) is 0. The maximum Gasteiger partial charge on any atom is 0.204 e. The molecule has 2 aliphatic heterocycles. The fraction of sp³-hybridized carbons (Fsp3) is 0.464. The largest absolute Gasteiger partial charge is 0.455 e. The molecule has 0 spiro atoms. The summed E-state index contributed by atoms with van der Waals surface area (Å²) in [5.41, 5.74) is 8.13. The molecule has 12 heteroatoms. The number of aliphatic imine (C=N–C) groups is 1. The van der Waals surface area contributed by atoms with Gasteiger partial charge in [0.2, 0.25) is 17.4 Å². The second-order valence-electron chi connectivity index (χ2n) is 10.4. The summed E-state index contributed by atoms with van der Waals surface area (Å²) in [6.07, 6.45) is 4.95. The molecule has 2 unspecified atom stereocenters. The molecule has 40 heavy (non-hydrogen) atoms. The van der Waals surface area contributed by atoms with Gasteiger partial charge in [-0.3, -0.25) is 4.99 Å². The number of likely N-dealkylation sites (tertiary alicyclic amines) is 1. The SMILES string of the molecule is CC1CC(Oc2c(F)c(F)cc(F)c2F)=CC(F)=C1C1=NCCC([C@@H]2CCN(CCCCl)C2)c2ncnc(N)c21. The van der Waals surface area contributed by atoms with Gasteiger partial charge in [-0.2, -0.15) is 8.78 Å². The van der Waals surface area contributed by atoms with E-state index in [1.807, 2.05) is 0 Å². The van der Waals surface area contributed by atoms with Gasteiger partial charge < -0.3 is 15.4 Å². The molecular weight excluding hydrogens is 553 g/mol. The molecule has 1 fully saturated rings. The summed E-state index contributed by atoms with van der Waals surface area (Å²) in [7, 11) is 0. The summed E-state index contributed by atoms with van der Waals surface area (Å²) < 4.78 is 76.5. The van der Waals surface area contributed by atoms with Crippen molar-refractivity contribution in [1.82, 2.24) is 14.9 Å². The molecule has 2 N–H and O–H groups in total. The zero-order chi connectivity index (χ0) is 28.6. The van der Waals surface area contributed by atoms with Gasteiger partial charge in [0.05, 0.1) is 17.0 Å². The first-order chi connectivity index (χ1) is 19.2. The van der Waals surface area contributed by atoms with Crippen molar-refractivity contribution in [3.63, 3.8) is 0 Å². The molecule has 3 aliphatic rings. The minimum atomic E-state index is -1.70. The molecular formula is C28H29ClF5N5O. The normalized spacial score (nSPS) is 23.5. The maximum atomic E-state index is 15.7. The van der Waals surface area contributed by atoms with Crippen LogP contribution in [0.4, 0.5) is 27.8 Å². The molecule has 214 valence electrons. The third kappa shape index (κ3) is 5.45. The Bertz CT molecular complexity index is 1370. The first-order valence-electron chi connectivity index (χ1n) is 13.2. The summed E-state index contributed by atoms with van der Waals surface area (Å²) >= 11 is 5.88. The lowest BCUT2D eigenvalue weighted by molar-refractivity contribution is 0.309. The fourth-order valence-corrected chi connectivity index (χ4v) is 6.05. The third-order valence-electron chi connectivity index (χ3n) is 7.79. The number of nitrogens with two attached hydrogens (primary N) is 1. The lowest BCUT2D eigenvalue weighted by Gasteiger charge is -2.26. The van der Waals surface area contributed by atoms with E-state index >= 15 is 4.39 Å². The molecule has 1 saturated heterocycles. The Morgan fingerprint density at radius 3 is 2.55 bits per heavy atom. The molecule has 5 rings (SSSR count). The van der Waals surface area contributed by atoms with Crippen molar-refractivity contribution in [3.8, 4) is 5.75 Å². The highest BCUT2D eigenvalue weighted by molar-refractivity contribution is 6.18. The van der Waals surface area contributed by atoms with E-state index in [2.05, 4.69) is 14.9 Å². The molecule has 2 aromatic rings. The second-order valence-corrected chi connectivity index (χ2v) is 10.8. The summed E-state index contributed by atoms with van der Waals surface area (Å²) in [6.45, 7) is 4.90. The summed E-state index contributed by atoms with van der Waals surface area (Å²) in [6, 6.07) is 0.0817. The standard InChI is InChI=1S/C28H29ClF5N5O/c1-14-9-16(40-27-23(33)19(31)11-20(32)24(27)34)10-18(30)21(14)26-22-25(37-13-38-28(22)35)17(3-6-36-26)15-4-8-39(12-15)7-2-5-29/h10-11,13-15,17H,2-9,12H2,1H3,(H2,35,37,38)/t14?,15-,17?/m1/s1. The molecule has 3 heterocycles. The number of fused-ring (bicyclic) bond motifs is 1. The van der Waals surface area contributed by atoms with Crippen LogP contribution in [0.5, 0.6) is 5.75 Å². The molecule has 0 amide bonds. The van der Waals surface area contributed by atoms with Crippen LogP contribution in [-0.4, -0.2) is 52.6 Å². The number of anilines is 1. The van der Waals surface area contributed by atoms with Crippen LogP contribution in [0.3, 0.4) is 0 Å². The molecule has 6 nitrogen and oxygen atoms in total. The Hall–Kier alpha value is -3.05. The number of ether oxygens (including phenoxy) is 1. The monoisotopic (exact) mass is 581 g/mol. The molecule has 0 bridgehead atoms. The zero-order valence-corrected chi connectivity index (χ0v) is 22.6. The highest BCUT2D eigenvalue weighted by Gasteiger charge is 2.37. The van der Waals surface area contributed by atoms with Crippen LogP contribution in [0.15, 0.2) is 40.6 Å². The minimum absolute atomic E-state index is 0.0106. The highest BCUT2D eigenvalue weighted by atomic mass is 35.5. The van der Waals surface area contributed by atoms with Gasteiger partial charge in [-0.25, -0.2) is 23.1 Å². The highest BCUT2D eigenvalue weighted by Crippen LogP contribution is 2.42. The van der Waals surface area contributed by atoms with Gasteiger partial charge in [0.1, 0.15) is 23.7 Å². The van der Waals surface area contributed by atoms with Crippen LogP contribution < -0.4 is 10.5 Å². The van der Waals surface area contributed by atoms with Crippen molar-refractivity contribution in [2.24, 2.45) is 16.8 Å². The van der Waals surface area contributed by atoms with Crippen LogP contribution in [0.2, 0.25) is 0 Å². The Labute approximate surface area is 233 Å². The average molecular weight is 582 g/mol. The summed E-state index contributed by atoms with van der Waals surface area (Å²) in [4.78, 5) is 15.9. The van der Waals surface area contributed by atoms with Gasteiger partial charge in [-0.15, -0.1) is 11.6 Å². The third-order valence-corrected chi connectivity index (χ3v) is 8.06. The Balaban J connectivity index is 1.48. The van der Waals surface area contributed by atoms with Crippen LogP contribution in [-0.2, 0) is 0 Å². The van der Waals surface area contributed by atoms with Gasteiger partial charge in [0.15, 0.2) is 11.6 Å². The van der Waals surface area contributed by atoms with Crippen LogP contribution in [0.25, 0.3) is 0 Å². The average Bonchev–Trinajstić information content (AvgIpc) is 3.30. The topological polar surface area (TPSA) is 76.6 Å². The Morgan fingerprint density at radius 2 is 1.85 bits per heavy atom. The van der Waals surface area contributed by atoms with Crippen LogP contribution in [0.1, 0.15) is 49.8 Å². The van der Waals surface area contributed by atoms with Gasteiger partial charge in [0.25, 0.3) is 0 Å². The number of aromatic nitrogens is 2. The maximum absolute atomic E-state index is 15.7. The van der Waals surface area contributed by atoms with Gasteiger partial charge in [-0.1, -0.05) is 6.92 Å². The number of halogens is 6. The van der Waals surface area contributed by atoms with Crippen molar-refractivity contribution in [3.05, 3.63) is 70.2 Å². The first kappa shape index (κ1) is 28.5. The smallest absolute Gasteiger partial charge is 0.204 e. The Kier molecular flexibility index (Phi) is 8.42. The lowest BCUT2D eigenvalue weighted by Crippen LogP contribution is -2.26. The Morgan fingerprint density at radius 1 is 1.10 bits per heavy atom. The molecule has 1 aliphatic carbocycles. The number of hydrogen-bond donors (Lipinski definition) is 1. The molecule has 3 atom stereocenters. The number of nitrogen functional groups attached to an aromatic ring is 1. The van der Waals surface area contributed by atoms with Crippen LogP contribution in [0, 0.1) is 35.1 Å². The van der Waals surface area contributed by atoms with Crippen molar-refractivity contribution < 1.29 is 26.7 Å².